The van der Waals surface area contributed by atoms with Gasteiger partial charge in [-0.05, 0) is 0 Å². The second-order valence-electron chi connectivity index (χ2n) is 1.59. The first kappa shape index (κ1) is 22.5. The zero-order valence-corrected chi connectivity index (χ0v) is 12.9. The first-order chi connectivity index (χ1) is 3.13. The number of hydrogen-bond acceptors (Lipinski definition) is 1. The van der Waals surface area contributed by atoms with Gasteiger partial charge in [-0.3, -0.25) is 0 Å². The lowest BCUT2D eigenvalue weighted by Gasteiger charge is -1.74. The number of hydrogen-bond donors (Lipinski definition) is 1. The third-order valence-electron chi connectivity index (χ3n) is 0.385. The van der Waals surface area contributed by atoms with E-state index < -0.39 is 0 Å². The molecule has 5 heteroatoms. The lowest BCUT2D eigenvalue weighted by Crippen LogP contribution is -3.00. The van der Waals surface area contributed by atoms with Crippen molar-refractivity contribution < 1.29 is 33.7 Å². The van der Waals surface area contributed by atoms with E-state index in [1.165, 1.54) is 0 Å². The summed E-state index contributed by atoms with van der Waals surface area (Å²) in [6.07, 6.45) is 0. The summed E-state index contributed by atoms with van der Waals surface area (Å²) in [6, 6.07) is 0. The number of rotatable bonds is 0. The summed E-state index contributed by atoms with van der Waals surface area (Å²) in [5, 5.41) is 8.49. The van der Waals surface area contributed by atoms with Crippen molar-refractivity contribution in [2.75, 3.05) is 14.1 Å². The average Bonchev–Trinajstić information content (AvgIpc) is 1.27. The first-order valence-electron chi connectivity index (χ1n) is 2.09. The Morgan fingerprint density at radius 1 is 1.30 bits per heavy atom. The van der Waals surface area contributed by atoms with Gasteiger partial charge in [-0.2, -0.15) is 4.58 Å². The van der Waals surface area contributed by atoms with E-state index in [2.05, 4.69) is 5.87 Å². The van der Waals surface area contributed by atoms with Crippen LogP contribution in [0.25, 0.3) is 0 Å². The zero-order chi connectivity index (χ0) is 5.86. The topological polar surface area (TPSA) is 23.2 Å². The molecule has 10 heavy (non-hydrogen) atoms. The summed E-state index contributed by atoms with van der Waals surface area (Å²) in [5.74, 6) is 2.82. The fraction of sp³-hybridized carbons (Fsp3) is 0.600. The monoisotopic (exact) mass is 483 g/mol. The molecule has 0 heterocycles. The van der Waals surface area contributed by atoms with Crippen molar-refractivity contribution in [1.82, 2.24) is 0 Å². The highest BCUT2D eigenvalue weighted by molar-refractivity contribution is 14.0. The molecule has 0 unspecified atom stereocenters. The number of allylic oxidation sites excluding steroid dienone is 1. The molecule has 0 aromatic carbocycles. The molecule has 0 aromatic heterocycles. The van der Waals surface area contributed by atoms with Crippen molar-refractivity contribution >= 4 is 53.8 Å². The predicted molar refractivity (Wildman–Crippen MR) is 59.8 cm³/mol. The molecule has 1 N–H and O–H groups in total. The number of aliphatic hydroxyl groups is 1. The highest BCUT2D eigenvalue weighted by Crippen LogP contribution is 1.67. The van der Waals surface area contributed by atoms with Gasteiger partial charge in [0, 0.05) is 6.92 Å². The minimum Gasteiger partial charge on any atom is -1.00 e. The van der Waals surface area contributed by atoms with Gasteiger partial charge >= 0.3 is 0 Å². The van der Waals surface area contributed by atoms with Crippen LogP contribution in [0.15, 0.2) is 5.76 Å². The predicted octanol–water partition coefficient (Wildman–Crippen LogP) is -1.37. The smallest absolute Gasteiger partial charge is 0.208 e. The molecule has 0 saturated heterocycles. The Labute approximate surface area is 113 Å². The lowest BCUT2D eigenvalue weighted by molar-refractivity contribution is -0.457. The molecule has 0 amide bonds. The van der Waals surface area contributed by atoms with E-state index in [9.17, 15) is 0 Å². The molecule has 0 rings (SSSR count). The van der Waals surface area contributed by atoms with Crippen molar-refractivity contribution in [3.05, 3.63) is 5.76 Å². The molecule has 0 bridgehead atoms. The minimum atomic E-state index is 0. The van der Waals surface area contributed by atoms with Gasteiger partial charge in [0.1, 0.15) is 14.1 Å². The Morgan fingerprint density at radius 3 is 1.60 bits per heavy atom. The third kappa shape index (κ3) is 22.7. The van der Waals surface area contributed by atoms with Gasteiger partial charge in [0.15, 0.2) is 5.76 Å². The number of halogens is 3. The van der Waals surface area contributed by atoms with E-state index in [1.54, 1.807) is 25.6 Å². The molecule has 2 nitrogen and oxygen atoms in total. The summed E-state index contributed by atoms with van der Waals surface area (Å²) in [7, 11) is 3.61. The summed E-state index contributed by atoms with van der Waals surface area (Å²) < 4.78 is 1.66. The second-order valence-corrected chi connectivity index (χ2v) is 1.59. The normalized spacial score (nSPS) is 5.10. The summed E-state index contributed by atoms with van der Waals surface area (Å²) in [4.78, 5) is 0. The maximum Gasteiger partial charge on any atom is 0.208 e. The van der Waals surface area contributed by atoms with E-state index in [-0.39, 0.29) is 77.7 Å². The minimum absolute atomic E-state index is 0. The highest BCUT2D eigenvalue weighted by atomic mass is 127. The van der Waals surface area contributed by atoms with Gasteiger partial charge in [0.2, 0.25) is 5.87 Å². The molecule has 0 aliphatic heterocycles. The largest absolute Gasteiger partial charge is 1.00 e. The fourth-order valence-electron chi connectivity index (χ4n) is 0.324. The first-order valence-corrected chi connectivity index (χ1v) is 2.09. The van der Waals surface area contributed by atoms with Crippen LogP contribution >= 0.6 is 48.0 Å². The van der Waals surface area contributed by atoms with E-state index in [0.29, 0.717) is 0 Å². The van der Waals surface area contributed by atoms with Crippen LogP contribution in [0.3, 0.4) is 0 Å². The second kappa shape index (κ2) is 13.1. The molecule has 0 radical (unpaired) electrons. The molecule has 0 spiro atoms. The van der Waals surface area contributed by atoms with E-state index in [4.69, 9.17) is 5.11 Å². The van der Waals surface area contributed by atoms with Crippen LogP contribution in [0.2, 0.25) is 0 Å². The van der Waals surface area contributed by atoms with Crippen LogP contribution in [-0.2, 0) is 0 Å². The molecule has 64 valence electrons. The molecule has 0 aliphatic carbocycles. The van der Waals surface area contributed by atoms with Crippen molar-refractivity contribution in [3.63, 3.8) is 0 Å². The van der Waals surface area contributed by atoms with Crippen molar-refractivity contribution in [3.8, 4) is 0 Å². The Hall–Kier alpha value is 1.44. The summed E-state index contributed by atoms with van der Waals surface area (Å²) in [5.41, 5.74) is 0. The van der Waals surface area contributed by atoms with Crippen molar-refractivity contribution in [2.45, 2.75) is 6.92 Å². The molecule has 0 atom stereocenters. The third-order valence-corrected chi connectivity index (χ3v) is 0.385. The maximum atomic E-state index is 8.49. The Bertz CT molecular complexity index is 109. The van der Waals surface area contributed by atoms with Crippen LogP contribution in [0, 0.1) is 0 Å². The van der Waals surface area contributed by atoms with Gasteiger partial charge in [-0.1, -0.05) is 0 Å². The van der Waals surface area contributed by atoms with Crippen LogP contribution in [0.1, 0.15) is 6.92 Å². The fourth-order valence-corrected chi connectivity index (χ4v) is 0.324. The van der Waals surface area contributed by atoms with Crippen molar-refractivity contribution in [1.29, 1.82) is 0 Å². The summed E-state index contributed by atoms with van der Waals surface area (Å²) >= 11 is 0. The van der Waals surface area contributed by atoms with Gasteiger partial charge < -0.3 is 29.1 Å². The molecule has 0 aromatic rings. The van der Waals surface area contributed by atoms with Crippen LogP contribution in [0.5, 0.6) is 0 Å². The Morgan fingerprint density at radius 2 is 1.60 bits per heavy atom. The lowest BCUT2D eigenvalue weighted by atomic mass is 10.6. The van der Waals surface area contributed by atoms with E-state index in [0.717, 1.165) is 0 Å². The average molecular weight is 483 g/mol. The standard InChI is InChI=1S/C5H9NO.3HI/c1-5(7)4-6(2)3;;;/h1-3H3;3*1H. The van der Waals surface area contributed by atoms with Gasteiger partial charge in [-0.25, -0.2) is 0 Å². The molecule has 0 saturated carbocycles. The maximum absolute atomic E-state index is 8.49. The van der Waals surface area contributed by atoms with Gasteiger partial charge in [-0.15, -0.1) is 48.0 Å². The van der Waals surface area contributed by atoms with Crippen LogP contribution in [0.4, 0.5) is 0 Å². The molecule has 0 fully saturated rings. The van der Waals surface area contributed by atoms with E-state index in [1.807, 2.05) is 0 Å². The van der Waals surface area contributed by atoms with Gasteiger partial charge in [0.05, 0.1) is 0 Å². The van der Waals surface area contributed by atoms with Crippen LogP contribution in [-0.4, -0.2) is 29.6 Å². The molecule has 0 aliphatic rings. The molecular weight excluding hydrogens is 471 g/mol. The summed E-state index contributed by atoms with van der Waals surface area (Å²) in [6.45, 7) is 1.58. The van der Waals surface area contributed by atoms with Gasteiger partial charge in [0.25, 0.3) is 0 Å². The SMILES string of the molecule is CC(O)=C=[N+](C)C.I.I.[I-]. The quantitative estimate of drug-likeness (QED) is 0.196. The van der Waals surface area contributed by atoms with Crippen LogP contribution < -0.4 is 24.0 Å². The molecular formula is C5H12I3NO. The zero-order valence-electron chi connectivity index (χ0n) is 6.09. The highest BCUT2D eigenvalue weighted by Gasteiger charge is 1.77. The number of nitrogens with zero attached hydrogens (tertiary/aromatic N) is 1. The Balaban J connectivity index is -0.0000000600. The Kier molecular flexibility index (Phi) is 29.4. The van der Waals surface area contributed by atoms with Crippen molar-refractivity contribution in [2.24, 2.45) is 0 Å². The number of aliphatic hydroxyl groups excluding tert-OH is 1. The van der Waals surface area contributed by atoms with E-state index >= 15 is 0 Å².